The summed E-state index contributed by atoms with van der Waals surface area (Å²) in [6, 6.07) is 6.52. The van der Waals surface area contributed by atoms with E-state index in [2.05, 4.69) is 0 Å². The average Bonchev–Trinajstić information content (AvgIpc) is 2.62. The molecule has 1 aromatic rings. The van der Waals surface area contributed by atoms with Crippen molar-refractivity contribution in [3.63, 3.8) is 0 Å². The highest BCUT2D eigenvalue weighted by Crippen LogP contribution is 2.39. The number of carbonyl (C=O) groups is 3. The van der Waals surface area contributed by atoms with Crippen molar-refractivity contribution in [2.75, 3.05) is 7.11 Å². The summed E-state index contributed by atoms with van der Waals surface area (Å²) < 4.78 is 10.5. The van der Waals surface area contributed by atoms with Crippen molar-refractivity contribution >= 4 is 17.3 Å². The van der Waals surface area contributed by atoms with Gasteiger partial charge in [-0.1, -0.05) is 24.3 Å². The number of methoxy groups -OCH3 is 1. The second-order valence-electron chi connectivity index (χ2n) is 4.73. The third kappa shape index (κ3) is 1.59. The van der Waals surface area contributed by atoms with Crippen LogP contribution in [0.1, 0.15) is 33.6 Å². The Morgan fingerprint density at radius 2 is 1.74 bits per heavy atom. The van der Waals surface area contributed by atoms with E-state index in [4.69, 9.17) is 9.47 Å². The smallest absolute Gasteiger partial charge is 0.203 e. The van der Waals surface area contributed by atoms with Gasteiger partial charge in [-0.25, -0.2) is 0 Å². The predicted octanol–water partition coefficient (Wildman–Crippen LogP) is 1.16. The summed E-state index contributed by atoms with van der Waals surface area (Å²) in [4.78, 5) is 36.6. The molecule has 0 radical (unpaired) electrons. The van der Waals surface area contributed by atoms with Gasteiger partial charge in [-0.15, -0.1) is 0 Å². The van der Waals surface area contributed by atoms with Gasteiger partial charge in [0.15, 0.2) is 6.29 Å². The highest BCUT2D eigenvalue weighted by atomic mass is 16.7. The summed E-state index contributed by atoms with van der Waals surface area (Å²) in [5.74, 6) is -1.08. The number of hydrogen-bond acceptors (Lipinski definition) is 5. The van der Waals surface area contributed by atoms with Crippen LogP contribution in [-0.2, 0) is 14.3 Å². The zero-order chi connectivity index (χ0) is 13.6. The van der Waals surface area contributed by atoms with E-state index in [-0.39, 0.29) is 18.6 Å². The van der Waals surface area contributed by atoms with Crippen molar-refractivity contribution < 1.29 is 23.9 Å². The van der Waals surface area contributed by atoms with Crippen LogP contribution in [0.15, 0.2) is 24.3 Å². The van der Waals surface area contributed by atoms with Crippen LogP contribution in [0.4, 0.5) is 0 Å². The fourth-order valence-electron chi connectivity index (χ4n) is 2.66. The van der Waals surface area contributed by atoms with Crippen molar-refractivity contribution in [2.24, 2.45) is 0 Å². The third-order valence-corrected chi connectivity index (χ3v) is 3.59. The molecule has 0 aromatic heterocycles. The third-order valence-electron chi connectivity index (χ3n) is 3.59. The van der Waals surface area contributed by atoms with E-state index in [0.29, 0.717) is 11.1 Å². The largest absolute Gasteiger partial charge is 0.355 e. The van der Waals surface area contributed by atoms with Crippen molar-refractivity contribution in [3.05, 3.63) is 35.4 Å². The molecule has 0 saturated carbocycles. The zero-order valence-electron chi connectivity index (χ0n) is 10.3. The molecule has 1 aliphatic heterocycles. The van der Waals surface area contributed by atoms with E-state index < -0.39 is 23.5 Å². The standard InChI is InChI=1S/C14H12O5/c1-18-11-6-8(15)7-14(19-11)12(16)9-4-2-3-5-10(9)13(14)17/h2-5,11H,6-7H2,1H3/t11-/m0/s1. The first-order valence-electron chi connectivity index (χ1n) is 5.99. The van der Waals surface area contributed by atoms with Crippen LogP contribution in [0, 0.1) is 0 Å². The number of ketones is 3. The topological polar surface area (TPSA) is 69.7 Å². The fourth-order valence-corrected chi connectivity index (χ4v) is 2.66. The Hall–Kier alpha value is -1.85. The van der Waals surface area contributed by atoms with E-state index in [1.165, 1.54) is 7.11 Å². The van der Waals surface area contributed by atoms with Gasteiger partial charge in [0.05, 0.1) is 12.8 Å². The molecular weight excluding hydrogens is 248 g/mol. The highest BCUT2D eigenvalue weighted by Gasteiger charge is 2.58. The van der Waals surface area contributed by atoms with E-state index in [9.17, 15) is 14.4 Å². The Labute approximate surface area is 109 Å². The van der Waals surface area contributed by atoms with Gasteiger partial charge in [-0.3, -0.25) is 14.4 Å². The fraction of sp³-hybridized carbons (Fsp3) is 0.357. The molecule has 5 nitrogen and oxygen atoms in total. The Kier molecular flexibility index (Phi) is 2.62. The number of fused-ring (bicyclic) bond motifs is 1. The normalized spacial score (nSPS) is 24.9. The maximum absolute atomic E-state index is 12.4. The van der Waals surface area contributed by atoms with Crippen LogP contribution >= 0.6 is 0 Å². The van der Waals surface area contributed by atoms with Crippen LogP contribution in [0.25, 0.3) is 0 Å². The molecule has 98 valence electrons. The number of benzene rings is 1. The molecule has 5 heteroatoms. The van der Waals surface area contributed by atoms with Gasteiger partial charge < -0.3 is 9.47 Å². The first-order valence-corrected chi connectivity index (χ1v) is 5.99. The monoisotopic (exact) mass is 260 g/mol. The van der Waals surface area contributed by atoms with Crippen molar-refractivity contribution in [1.29, 1.82) is 0 Å². The summed E-state index contributed by atoms with van der Waals surface area (Å²) in [6.07, 6.45) is -0.988. The summed E-state index contributed by atoms with van der Waals surface area (Å²) in [5.41, 5.74) is -1.08. The molecule has 1 fully saturated rings. The molecule has 1 heterocycles. The lowest BCUT2D eigenvalue weighted by Crippen LogP contribution is -2.52. The summed E-state index contributed by atoms with van der Waals surface area (Å²) in [6.45, 7) is 0. The molecule has 3 rings (SSSR count). The van der Waals surface area contributed by atoms with Crippen LogP contribution < -0.4 is 0 Å². The molecule has 1 atom stereocenters. The minimum absolute atomic E-state index is 0.0646. The van der Waals surface area contributed by atoms with Crippen LogP contribution in [0.5, 0.6) is 0 Å². The van der Waals surface area contributed by atoms with Crippen LogP contribution in [0.3, 0.4) is 0 Å². The van der Waals surface area contributed by atoms with Crippen LogP contribution in [-0.4, -0.2) is 36.4 Å². The van der Waals surface area contributed by atoms with Crippen molar-refractivity contribution in [3.8, 4) is 0 Å². The lowest BCUT2D eigenvalue weighted by atomic mass is 9.88. The second-order valence-corrected chi connectivity index (χ2v) is 4.73. The Bertz CT molecular complexity index is 554. The molecule has 1 aliphatic carbocycles. The van der Waals surface area contributed by atoms with Crippen molar-refractivity contribution in [2.45, 2.75) is 24.7 Å². The Morgan fingerprint density at radius 1 is 1.16 bits per heavy atom. The maximum Gasteiger partial charge on any atom is 0.203 e. The minimum Gasteiger partial charge on any atom is -0.355 e. The Morgan fingerprint density at radius 3 is 2.26 bits per heavy atom. The van der Waals surface area contributed by atoms with Gasteiger partial charge in [0.25, 0.3) is 0 Å². The number of ether oxygens (including phenoxy) is 2. The van der Waals surface area contributed by atoms with Gasteiger partial charge in [0, 0.05) is 18.2 Å². The minimum atomic E-state index is -1.71. The predicted molar refractivity (Wildman–Crippen MR) is 64.0 cm³/mol. The van der Waals surface area contributed by atoms with Gasteiger partial charge >= 0.3 is 0 Å². The number of hydrogen-bond donors (Lipinski definition) is 0. The van der Waals surface area contributed by atoms with Gasteiger partial charge in [0.2, 0.25) is 17.2 Å². The van der Waals surface area contributed by atoms with E-state index >= 15 is 0 Å². The lowest BCUT2D eigenvalue weighted by Gasteiger charge is -2.34. The summed E-state index contributed by atoms with van der Waals surface area (Å²) in [5, 5.41) is 0. The average molecular weight is 260 g/mol. The molecule has 1 aromatic carbocycles. The maximum atomic E-state index is 12.4. The first kappa shape index (κ1) is 12.2. The number of Topliss-reactive ketones (excluding diaryl/α,β-unsaturated/α-hetero) is 3. The molecule has 0 amide bonds. The van der Waals surface area contributed by atoms with E-state index in [1.807, 2.05) is 0 Å². The second kappa shape index (κ2) is 4.08. The molecule has 0 bridgehead atoms. The number of carbonyl (C=O) groups excluding carboxylic acids is 3. The Balaban J connectivity index is 2.09. The molecule has 19 heavy (non-hydrogen) atoms. The van der Waals surface area contributed by atoms with Gasteiger partial charge in [-0.2, -0.15) is 0 Å². The first-order chi connectivity index (χ1) is 9.08. The highest BCUT2D eigenvalue weighted by molar-refractivity contribution is 6.33. The van der Waals surface area contributed by atoms with E-state index in [1.54, 1.807) is 24.3 Å². The van der Waals surface area contributed by atoms with Crippen LogP contribution in [0.2, 0.25) is 0 Å². The molecule has 0 unspecified atom stereocenters. The lowest BCUT2D eigenvalue weighted by molar-refractivity contribution is -0.192. The summed E-state index contributed by atoms with van der Waals surface area (Å²) >= 11 is 0. The quantitative estimate of drug-likeness (QED) is 0.708. The SMILES string of the molecule is CO[C@@H]1CC(=O)CC2(O1)C(=O)c1ccccc1C2=O. The van der Waals surface area contributed by atoms with E-state index in [0.717, 1.165) is 0 Å². The summed E-state index contributed by atoms with van der Waals surface area (Å²) in [7, 11) is 1.38. The van der Waals surface area contributed by atoms with Gasteiger partial charge in [0.1, 0.15) is 5.78 Å². The molecule has 1 spiro atoms. The van der Waals surface area contributed by atoms with Gasteiger partial charge in [-0.05, 0) is 0 Å². The molecule has 0 N–H and O–H groups in total. The zero-order valence-corrected chi connectivity index (χ0v) is 10.3. The molecular formula is C14H12O5. The molecule has 1 saturated heterocycles. The number of rotatable bonds is 1. The molecule has 2 aliphatic rings. The van der Waals surface area contributed by atoms with Crippen molar-refractivity contribution in [1.82, 2.24) is 0 Å².